The average Bonchev–Trinajstić information content (AvgIpc) is 2.85. The number of sulfonamides is 2. The third-order valence-electron chi connectivity index (χ3n) is 3.38. The smallest absolute Gasteiger partial charge is 0.212 e. The molecule has 2 rings (SSSR count). The number of hydrogen-bond acceptors (Lipinski definition) is 4. The molecule has 0 radical (unpaired) electrons. The van der Waals surface area contributed by atoms with Crippen LogP contribution in [0.5, 0.6) is 0 Å². The first kappa shape index (κ1) is 16.3. The Labute approximate surface area is 124 Å². The van der Waals surface area contributed by atoms with Crippen LogP contribution in [0.25, 0.3) is 0 Å². The van der Waals surface area contributed by atoms with E-state index in [1.54, 1.807) is 0 Å². The van der Waals surface area contributed by atoms with Crippen molar-refractivity contribution in [1.82, 2.24) is 9.03 Å². The van der Waals surface area contributed by atoms with Gasteiger partial charge in [0.05, 0.1) is 11.2 Å². The predicted molar refractivity (Wildman–Crippen MR) is 76.2 cm³/mol. The van der Waals surface area contributed by atoms with E-state index in [9.17, 15) is 21.2 Å². The van der Waals surface area contributed by atoms with Crippen LogP contribution in [-0.4, -0.2) is 46.5 Å². The molecule has 1 saturated heterocycles. The second kappa shape index (κ2) is 5.99. The second-order valence-corrected chi connectivity index (χ2v) is 8.68. The van der Waals surface area contributed by atoms with E-state index in [2.05, 4.69) is 4.72 Å². The number of halogens is 1. The minimum absolute atomic E-state index is 0.00673. The molecule has 6 nitrogen and oxygen atoms in total. The molecular formula is C12H17FN2O4S2. The number of nitrogens with one attached hydrogen (secondary N) is 1. The van der Waals surface area contributed by atoms with E-state index in [0.29, 0.717) is 19.4 Å². The Kier molecular flexibility index (Phi) is 4.66. The van der Waals surface area contributed by atoms with E-state index in [-0.39, 0.29) is 17.5 Å². The molecule has 1 heterocycles. The van der Waals surface area contributed by atoms with Gasteiger partial charge in [0, 0.05) is 19.1 Å². The number of benzene rings is 1. The fraction of sp³-hybridized carbons (Fsp3) is 0.500. The number of nitrogens with zero attached hydrogens (tertiary/aromatic N) is 1. The van der Waals surface area contributed by atoms with Crippen molar-refractivity contribution in [3.05, 3.63) is 30.1 Å². The van der Waals surface area contributed by atoms with Gasteiger partial charge in [-0.25, -0.2) is 25.9 Å². The molecule has 1 atom stereocenters. The summed E-state index contributed by atoms with van der Waals surface area (Å²) >= 11 is 0. The van der Waals surface area contributed by atoms with Gasteiger partial charge in [-0.15, -0.1) is 0 Å². The highest BCUT2D eigenvalue weighted by Gasteiger charge is 2.32. The van der Waals surface area contributed by atoms with Gasteiger partial charge in [0.2, 0.25) is 20.0 Å². The molecule has 1 fully saturated rings. The van der Waals surface area contributed by atoms with Gasteiger partial charge in [-0.2, -0.15) is 4.31 Å². The van der Waals surface area contributed by atoms with Gasteiger partial charge in [-0.3, -0.25) is 0 Å². The summed E-state index contributed by atoms with van der Waals surface area (Å²) in [6, 6.07) is 4.08. The molecule has 0 aromatic heterocycles. The standard InChI is InChI=1S/C12H17FN2O4S2/c1-20(16,17)15-8-2-3-11(15)9-14-21(18,19)12-6-4-10(13)5-7-12/h4-7,11,14H,2-3,8-9H2,1H3. The van der Waals surface area contributed by atoms with Gasteiger partial charge < -0.3 is 0 Å². The molecule has 1 aromatic carbocycles. The van der Waals surface area contributed by atoms with Crippen molar-refractivity contribution < 1.29 is 21.2 Å². The van der Waals surface area contributed by atoms with Crippen LogP contribution in [0.1, 0.15) is 12.8 Å². The van der Waals surface area contributed by atoms with Crippen molar-refractivity contribution in [2.75, 3.05) is 19.3 Å². The summed E-state index contributed by atoms with van der Waals surface area (Å²) in [4.78, 5) is -0.0483. The van der Waals surface area contributed by atoms with Crippen molar-refractivity contribution in [3.63, 3.8) is 0 Å². The van der Waals surface area contributed by atoms with Crippen molar-refractivity contribution >= 4 is 20.0 Å². The van der Waals surface area contributed by atoms with Crippen molar-refractivity contribution in [1.29, 1.82) is 0 Å². The normalized spacial score (nSPS) is 20.8. The van der Waals surface area contributed by atoms with E-state index in [1.165, 1.54) is 16.4 Å². The van der Waals surface area contributed by atoms with Crippen LogP contribution in [0.4, 0.5) is 4.39 Å². The monoisotopic (exact) mass is 336 g/mol. The first-order valence-corrected chi connectivity index (χ1v) is 9.75. The van der Waals surface area contributed by atoms with Crippen LogP contribution in [0.3, 0.4) is 0 Å². The van der Waals surface area contributed by atoms with E-state index >= 15 is 0 Å². The molecule has 118 valence electrons. The third-order valence-corrected chi connectivity index (χ3v) is 6.15. The SMILES string of the molecule is CS(=O)(=O)N1CCCC1CNS(=O)(=O)c1ccc(F)cc1. The average molecular weight is 336 g/mol. The van der Waals surface area contributed by atoms with Crippen LogP contribution in [0.15, 0.2) is 29.2 Å². The maximum atomic E-state index is 12.8. The summed E-state index contributed by atoms with van der Waals surface area (Å²) < 4.78 is 63.8. The summed E-state index contributed by atoms with van der Waals surface area (Å²) in [5.74, 6) is -0.520. The quantitative estimate of drug-likeness (QED) is 0.850. The first-order chi connectivity index (χ1) is 9.70. The summed E-state index contributed by atoms with van der Waals surface area (Å²) in [6.45, 7) is 0.411. The molecule has 0 saturated carbocycles. The lowest BCUT2D eigenvalue weighted by molar-refractivity contribution is 0.388. The summed E-state index contributed by atoms with van der Waals surface area (Å²) in [6.07, 6.45) is 2.43. The summed E-state index contributed by atoms with van der Waals surface area (Å²) in [5, 5.41) is 0. The Balaban J connectivity index is 2.07. The van der Waals surface area contributed by atoms with Crippen LogP contribution in [-0.2, 0) is 20.0 Å². The predicted octanol–water partition coefficient (Wildman–Crippen LogP) is 0.528. The molecule has 1 aliphatic heterocycles. The lowest BCUT2D eigenvalue weighted by Crippen LogP contribution is -2.42. The molecule has 1 unspecified atom stereocenters. The number of hydrogen-bond donors (Lipinski definition) is 1. The maximum Gasteiger partial charge on any atom is 0.240 e. The molecule has 1 aromatic rings. The van der Waals surface area contributed by atoms with E-state index < -0.39 is 25.9 Å². The zero-order valence-electron chi connectivity index (χ0n) is 11.5. The maximum absolute atomic E-state index is 12.8. The van der Waals surface area contributed by atoms with Crippen LogP contribution < -0.4 is 4.72 Å². The molecule has 0 amide bonds. The Morgan fingerprint density at radius 2 is 1.86 bits per heavy atom. The minimum atomic E-state index is -3.77. The van der Waals surface area contributed by atoms with Crippen LogP contribution in [0.2, 0.25) is 0 Å². The highest BCUT2D eigenvalue weighted by Crippen LogP contribution is 2.20. The second-order valence-electron chi connectivity index (χ2n) is 4.98. The molecule has 0 bridgehead atoms. The van der Waals surface area contributed by atoms with E-state index in [1.807, 2.05) is 0 Å². The molecule has 21 heavy (non-hydrogen) atoms. The molecule has 9 heteroatoms. The Morgan fingerprint density at radius 3 is 2.43 bits per heavy atom. The lowest BCUT2D eigenvalue weighted by atomic mass is 10.2. The first-order valence-electron chi connectivity index (χ1n) is 6.42. The minimum Gasteiger partial charge on any atom is -0.212 e. The molecule has 0 aliphatic carbocycles. The van der Waals surface area contributed by atoms with Crippen molar-refractivity contribution in [2.24, 2.45) is 0 Å². The van der Waals surface area contributed by atoms with Gasteiger partial charge >= 0.3 is 0 Å². The third kappa shape index (κ3) is 4.00. The zero-order valence-corrected chi connectivity index (χ0v) is 13.1. The van der Waals surface area contributed by atoms with Gasteiger partial charge in [0.25, 0.3) is 0 Å². The highest BCUT2D eigenvalue weighted by molar-refractivity contribution is 7.89. The van der Waals surface area contributed by atoms with E-state index in [4.69, 9.17) is 0 Å². The molecule has 1 aliphatic rings. The van der Waals surface area contributed by atoms with Gasteiger partial charge in [0.1, 0.15) is 5.82 Å². The Hall–Kier alpha value is -1.03. The zero-order chi connectivity index (χ0) is 15.7. The Bertz CT molecular complexity index is 701. The fourth-order valence-corrected chi connectivity index (χ4v) is 4.61. The number of rotatable bonds is 5. The lowest BCUT2D eigenvalue weighted by Gasteiger charge is -2.22. The molecular weight excluding hydrogens is 319 g/mol. The molecule has 1 N–H and O–H groups in total. The fourth-order valence-electron chi connectivity index (χ4n) is 2.35. The van der Waals surface area contributed by atoms with E-state index in [0.717, 1.165) is 18.4 Å². The van der Waals surface area contributed by atoms with Crippen LogP contribution >= 0.6 is 0 Å². The van der Waals surface area contributed by atoms with Gasteiger partial charge in [-0.05, 0) is 37.1 Å². The highest BCUT2D eigenvalue weighted by atomic mass is 32.2. The van der Waals surface area contributed by atoms with Gasteiger partial charge in [-0.1, -0.05) is 0 Å². The summed E-state index contributed by atoms with van der Waals surface area (Å²) in [5.41, 5.74) is 0. The van der Waals surface area contributed by atoms with Crippen molar-refractivity contribution in [2.45, 2.75) is 23.8 Å². The van der Waals surface area contributed by atoms with Gasteiger partial charge in [0.15, 0.2) is 0 Å². The topological polar surface area (TPSA) is 83.6 Å². The Morgan fingerprint density at radius 1 is 1.24 bits per heavy atom. The molecule has 0 spiro atoms. The summed E-state index contributed by atoms with van der Waals surface area (Å²) in [7, 11) is -7.11. The largest absolute Gasteiger partial charge is 0.240 e. The van der Waals surface area contributed by atoms with Crippen LogP contribution in [0, 0.1) is 5.82 Å². The van der Waals surface area contributed by atoms with Crippen molar-refractivity contribution in [3.8, 4) is 0 Å².